The largest absolute Gasteiger partial charge is 4.00 e. The van der Waals surface area contributed by atoms with Gasteiger partial charge in [0.2, 0.25) is 0 Å². The van der Waals surface area contributed by atoms with Gasteiger partial charge in [-0.05, 0) is 6.92 Å². The zero-order valence-electron chi connectivity index (χ0n) is 11.1. The van der Waals surface area contributed by atoms with Crippen LogP contribution in [0.15, 0.2) is 0 Å². The van der Waals surface area contributed by atoms with Crippen LogP contribution in [-0.2, 0) is 21.7 Å². The van der Waals surface area contributed by atoms with Gasteiger partial charge in [-0.25, -0.2) is 0 Å². The summed E-state index contributed by atoms with van der Waals surface area (Å²) in [5.41, 5.74) is 0. The molecule has 0 aliphatic heterocycles. The van der Waals surface area contributed by atoms with E-state index < -0.39 is 0 Å². The van der Waals surface area contributed by atoms with Crippen LogP contribution in [0.4, 0.5) is 0 Å². The molecule has 0 bridgehead atoms. The van der Waals surface area contributed by atoms with Gasteiger partial charge >= 0.3 is 21.7 Å². The van der Waals surface area contributed by atoms with Crippen molar-refractivity contribution in [2.75, 3.05) is 42.3 Å². The third kappa shape index (κ3) is 49.3. The molecule has 0 spiro atoms. The second-order valence-corrected chi connectivity index (χ2v) is 2.27. The van der Waals surface area contributed by atoms with E-state index in [4.69, 9.17) is 0 Å². The molecule has 16 heavy (non-hydrogen) atoms. The first-order chi connectivity index (χ1) is 7.14. The maximum Gasteiger partial charge on any atom is 4.00 e. The third-order valence-corrected chi connectivity index (χ3v) is 0.419. The van der Waals surface area contributed by atoms with E-state index in [0.29, 0.717) is 5.82 Å². The Morgan fingerprint density at radius 3 is 1.25 bits per heavy atom. The van der Waals surface area contributed by atoms with Gasteiger partial charge < -0.3 is 21.0 Å². The summed E-state index contributed by atoms with van der Waals surface area (Å²) in [4.78, 5) is 0. The van der Waals surface area contributed by atoms with E-state index in [1.54, 1.807) is 49.2 Å². The van der Waals surface area contributed by atoms with Gasteiger partial charge in [0.25, 0.3) is 0 Å². The van der Waals surface area contributed by atoms with Crippen LogP contribution in [0.3, 0.4) is 0 Å². The average molecular weight is 263 g/mol. The monoisotopic (exact) mass is 263 g/mol. The van der Waals surface area contributed by atoms with Crippen molar-refractivity contribution in [3.8, 4) is 0 Å². The molecule has 0 saturated heterocycles. The minimum Gasteiger partial charge on any atom is -0.668 e. The van der Waals surface area contributed by atoms with Crippen molar-refractivity contribution in [2.45, 2.75) is 6.92 Å². The predicted molar refractivity (Wildman–Crippen MR) is 63.5 cm³/mol. The van der Waals surface area contributed by atoms with E-state index in [-0.39, 0.29) is 21.7 Å². The van der Waals surface area contributed by atoms with Crippen LogP contribution in [0, 0.1) is 6.92 Å². The number of aryl methyl sites for hydroxylation is 1. The SMILES string of the molecule is C[N-]C.C[N-]C.C[N-]C.Cc1nnn[n-]1.[Ti+4]. The molecule has 0 aliphatic rings. The van der Waals surface area contributed by atoms with Gasteiger partial charge in [-0.15, -0.1) is 0 Å². The molecule has 0 aliphatic carbocycles. The Kier molecular flexibility index (Phi) is 45.4. The van der Waals surface area contributed by atoms with Crippen LogP contribution >= 0.6 is 0 Å². The van der Waals surface area contributed by atoms with Crippen molar-refractivity contribution < 1.29 is 21.7 Å². The van der Waals surface area contributed by atoms with Crippen LogP contribution < -0.4 is 5.10 Å². The summed E-state index contributed by atoms with van der Waals surface area (Å²) in [6, 6.07) is 0. The molecule has 1 aromatic heterocycles. The van der Waals surface area contributed by atoms with Crippen LogP contribution in [0.1, 0.15) is 5.82 Å². The summed E-state index contributed by atoms with van der Waals surface area (Å²) < 4.78 is 0. The fourth-order valence-corrected chi connectivity index (χ4v) is 0.189. The Labute approximate surface area is 113 Å². The van der Waals surface area contributed by atoms with Crippen LogP contribution in [-0.4, -0.2) is 57.8 Å². The zero-order chi connectivity index (χ0) is 12.5. The van der Waals surface area contributed by atoms with Crippen LogP contribution in [0.2, 0.25) is 0 Å². The molecule has 1 heterocycles. The van der Waals surface area contributed by atoms with Crippen molar-refractivity contribution in [2.24, 2.45) is 0 Å². The van der Waals surface area contributed by atoms with Crippen molar-refractivity contribution in [3.05, 3.63) is 21.8 Å². The number of hydrogen-bond donors (Lipinski definition) is 0. The molecule has 0 fully saturated rings. The number of rotatable bonds is 0. The molecule has 7 nitrogen and oxygen atoms in total. The molecule has 0 radical (unpaired) electrons. The summed E-state index contributed by atoms with van der Waals surface area (Å²) in [7, 11) is 10.5. The molecule has 0 unspecified atom stereocenters. The molecule has 8 heteroatoms. The van der Waals surface area contributed by atoms with Crippen LogP contribution in [0.25, 0.3) is 16.0 Å². The second kappa shape index (κ2) is 29.3. The van der Waals surface area contributed by atoms with Gasteiger partial charge in [0.05, 0.1) is 0 Å². The van der Waals surface area contributed by atoms with E-state index >= 15 is 0 Å². The smallest absolute Gasteiger partial charge is 0.668 e. The quantitative estimate of drug-likeness (QED) is 0.652. The normalized spacial score (nSPS) is 6.69. The van der Waals surface area contributed by atoms with Gasteiger partial charge in [0, 0.05) is 5.82 Å². The molecular formula is C8H21N7Ti. The van der Waals surface area contributed by atoms with Crippen molar-refractivity contribution >= 4 is 0 Å². The molecule has 1 rings (SSSR count). The van der Waals surface area contributed by atoms with Gasteiger partial charge in [-0.2, -0.15) is 47.5 Å². The fourth-order valence-electron chi connectivity index (χ4n) is 0.189. The van der Waals surface area contributed by atoms with Crippen molar-refractivity contribution in [1.82, 2.24) is 20.6 Å². The predicted octanol–water partition coefficient (Wildman–Crippen LogP) is 0.994. The standard InChI is InChI=1S/C2H3N4.3C2H6N.Ti/c1-2-3-5-6-4-2;3*1-3-2;/h1H3;3*1-2H3;/q4*-1;+4. The van der Waals surface area contributed by atoms with E-state index in [0.717, 1.165) is 0 Å². The van der Waals surface area contributed by atoms with Crippen LogP contribution in [0.5, 0.6) is 0 Å². The van der Waals surface area contributed by atoms with E-state index in [9.17, 15) is 0 Å². The van der Waals surface area contributed by atoms with E-state index in [2.05, 4.69) is 36.6 Å². The number of aromatic nitrogens is 4. The minimum atomic E-state index is 0. The van der Waals surface area contributed by atoms with Gasteiger partial charge in [-0.3, -0.25) is 10.3 Å². The van der Waals surface area contributed by atoms with E-state index in [1.165, 1.54) is 0 Å². The Balaban J connectivity index is -0.0000000637. The maximum atomic E-state index is 3.50. The molecule has 0 amide bonds. The van der Waals surface area contributed by atoms with Gasteiger partial charge in [0.15, 0.2) is 0 Å². The summed E-state index contributed by atoms with van der Waals surface area (Å²) >= 11 is 0. The average Bonchev–Trinajstić information content (AvgIpc) is 2.60. The molecule has 0 saturated carbocycles. The minimum absolute atomic E-state index is 0. The topological polar surface area (TPSA) is 95.1 Å². The maximum absolute atomic E-state index is 3.50. The van der Waals surface area contributed by atoms with Crippen molar-refractivity contribution in [1.29, 1.82) is 0 Å². The zero-order valence-corrected chi connectivity index (χ0v) is 12.7. The molecule has 92 valence electrons. The number of tetrazole rings is 1. The molecule has 0 aromatic carbocycles. The molecule has 1 aromatic rings. The van der Waals surface area contributed by atoms with Crippen molar-refractivity contribution in [3.63, 3.8) is 0 Å². The first-order valence-corrected chi connectivity index (χ1v) is 4.23. The molecule has 0 atom stereocenters. The fraction of sp³-hybridized carbons (Fsp3) is 0.875. The number of hydrogen-bond acceptors (Lipinski definition) is 3. The summed E-state index contributed by atoms with van der Waals surface area (Å²) in [6.45, 7) is 1.74. The molecule has 0 N–H and O–H groups in total. The second-order valence-electron chi connectivity index (χ2n) is 2.27. The first-order valence-electron chi connectivity index (χ1n) is 4.23. The first kappa shape index (κ1) is 24.8. The third-order valence-electron chi connectivity index (χ3n) is 0.419. The Morgan fingerprint density at radius 2 is 1.19 bits per heavy atom. The van der Waals surface area contributed by atoms with Gasteiger partial charge in [-0.1, -0.05) is 0 Å². The Morgan fingerprint density at radius 1 is 0.875 bits per heavy atom. The Bertz CT molecular complexity index is 153. The summed E-state index contributed by atoms with van der Waals surface area (Å²) in [5, 5.41) is 23.8. The summed E-state index contributed by atoms with van der Waals surface area (Å²) in [5.74, 6) is 0.620. The van der Waals surface area contributed by atoms with E-state index in [1.807, 2.05) is 0 Å². The number of nitrogens with zero attached hydrogens (tertiary/aromatic N) is 7. The summed E-state index contributed by atoms with van der Waals surface area (Å²) in [6.07, 6.45) is 0. The Hall–Kier alpha value is -0.336. The van der Waals surface area contributed by atoms with Gasteiger partial charge in [0.1, 0.15) is 0 Å². The molecular weight excluding hydrogens is 242 g/mol.